The Morgan fingerprint density at radius 1 is 1.07 bits per heavy atom. The standard InChI is InChI=1S/C20H19N3O6S/c1-29-18-7-3-2-6-15(18)22-30(27,28)14-9-10-17(24)16(12-14)21-19(25)13-23-11-5-4-8-20(23)26/h2-12,22,24H,13H2,1H3,(H,21,25). The molecular weight excluding hydrogens is 410 g/mol. The van der Waals surface area contributed by atoms with E-state index in [4.69, 9.17) is 4.74 Å². The first-order chi connectivity index (χ1) is 14.3. The molecule has 0 fully saturated rings. The van der Waals surface area contributed by atoms with Crippen LogP contribution in [0, 0.1) is 0 Å². The number of nitrogens with zero attached hydrogens (tertiary/aromatic N) is 1. The van der Waals surface area contributed by atoms with E-state index in [-0.39, 0.29) is 34.1 Å². The number of phenols is 1. The zero-order chi connectivity index (χ0) is 21.7. The van der Waals surface area contributed by atoms with Crippen molar-refractivity contribution >= 4 is 27.3 Å². The van der Waals surface area contributed by atoms with Crippen LogP contribution >= 0.6 is 0 Å². The lowest BCUT2D eigenvalue weighted by Crippen LogP contribution is -2.26. The molecule has 3 aromatic rings. The van der Waals surface area contributed by atoms with Crippen LogP contribution in [0.25, 0.3) is 0 Å². The number of methoxy groups -OCH3 is 1. The van der Waals surface area contributed by atoms with Gasteiger partial charge in [-0.25, -0.2) is 8.42 Å². The van der Waals surface area contributed by atoms with Gasteiger partial charge in [-0.15, -0.1) is 0 Å². The van der Waals surface area contributed by atoms with Crippen molar-refractivity contribution in [1.82, 2.24) is 4.57 Å². The molecule has 1 aromatic heterocycles. The van der Waals surface area contributed by atoms with Gasteiger partial charge in [0.2, 0.25) is 5.91 Å². The highest BCUT2D eigenvalue weighted by molar-refractivity contribution is 7.92. The van der Waals surface area contributed by atoms with Gasteiger partial charge in [0, 0.05) is 12.3 Å². The number of nitrogens with one attached hydrogen (secondary N) is 2. The van der Waals surface area contributed by atoms with Crippen molar-refractivity contribution in [2.75, 3.05) is 17.1 Å². The van der Waals surface area contributed by atoms with Gasteiger partial charge in [-0.2, -0.15) is 0 Å². The molecule has 0 unspecified atom stereocenters. The van der Waals surface area contributed by atoms with Crippen molar-refractivity contribution < 1.29 is 23.1 Å². The summed E-state index contributed by atoms with van der Waals surface area (Å²) in [7, 11) is -2.62. The lowest BCUT2D eigenvalue weighted by molar-refractivity contribution is -0.116. The van der Waals surface area contributed by atoms with E-state index in [0.29, 0.717) is 5.75 Å². The molecule has 3 N–H and O–H groups in total. The van der Waals surface area contributed by atoms with Crippen LogP contribution in [-0.4, -0.2) is 31.1 Å². The Morgan fingerprint density at radius 3 is 2.53 bits per heavy atom. The van der Waals surface area contributed by atoms with Gasteiger partial charge in [0.25, 0.3) is 15.6 Å². The van der Waals surface area contributed by atoms with Crippen molar-refractivity contribution in [1.29, 1.82) is 0 Å². The average molecular weight is 429 g/mol. The van der Waals surface area contributed by atoms with Crippen molar-refractivity contribution in [3.8, 4) is 11.5 Å². The van der Waals surface area contributed by atoms with Crippen molar-refractivity contribution in [3.63, 3.8) is 0 Å². The van der Waals surface area contributed by atoms with Gasteiger partial charge in [-0.05, 0) is 36.4 Å². The second-order valence-electron chi connectivity index (χ2n) is 6.20. The van der Waals surface area contributed by atoms with Gasteiger partial charge in [0.05, 0.1) is 23.4 Å². The minimum absolute atomic E-state index is 0.105. The van der Waals surface area contributed by atoms with E-state index in [1.54, 1.807) is 30.3 Å². The molecule has 1 amide bonds. The molecule has 0 aliphatic heterocycles. The SMILES string of the molecule is COc1ccccc1NS(=O)(=O)c1ccc(O)c(NC(=O)Cn2ccccc2=O)c1. The fourth-order valence-electron chi connectivity index (χ4n) is 2.65. The summed E-state index contributed by atoms with van der Waals surface area (Å²) in [5.74, 6) is -0.590. The first-order valence-electron chi connectivity index (χ1n) is 8.74. The van der Waals surface area contributed by atoms with Gasteiger partial charge in [0.1, 0.15) is 18.0 Å². The Bertz CT molecular complexity index is 1240. The Labute approximate surface area is 172 Å². The molecule has 30 heavy (non-hydrogen) atoms. The summed E-state index contributed by atoms with van der Waals surface area (Å²) in [5.41, 5.74) is -0.233. The van der Waals surface area contributed by atoms with Gasteiger partial charge in [0.15, 0.2) is 0 Å². The first kappa shape index (κ1) is 20.9. The third-order valence-corrected chi connectivity index (χ3v) is 5.48. The Hall–Kier alpha value is -3.79. The average Bonchev–Trinajstić information content (AvgIpc) is 2.71. The number of amides is 1. The van der Waals surface area contributed by atoms with Crippen LogP contribution in [0.1, 0.15) is 0 Å². The number of aromatic hydroxyl groups is 1. The topological polar surface area (TPSA) is 127 Å². The predicted octanol–water partition coefficient (Wildman–Crippen LogP) is 2.00. The number of benzene rings is 2. The molecule has 0 bridgehead atoms. The van der Waals surface area contributed by atoms with Crippen LogP contribution in [0.15, 0.2) is 76.6 Å². The van der Waals surface area contributed by atoms with Crippen LogP contribution < -0.4 is 20.3 Å². The Balaban J connectivity index is 1.83. The fraction of sp³-hybridized carbons (Fsp3) is 0.100. The third-order valence-electron chi connectivity index (χ3n) is 4.12. The number of hydrogen-bond donors (Lipinski definition) is 3. The number of ether oxygens (including phenoxy) is 1. The zero-order valence-corrected chi connectivity index (χ0v) is 16.7. The van der Waals surface area contributed by atoms with E-state index >= 15 is 0 Å². The van der Waals surface area contributed by atoms with Gasteiger partial charge < -0.3 is 19.7 Å². The molecule has 0 saturated carbocycles. The minimum atomic E-state index is -4.03. The number of sulfonamides is 1. The number of aromatic nitrogens is 1. The number of hydrogen-bond acceptors (Lipinski definition) is 6. The lowest BCUT2D eigenvalue weighted by atomic mass is 10.3. The summed E-state index contributed by atoms with van der Waals surface area (Å²) in [6.45, 7) is -0.296. The van der Waals surface area contributed by atoms with E-state index in [0.717, 1.165) is 12.1 Å². The van der Waals surface area contributed by atoms with Crippen LogP contribution in [0.4, 0.5) is 11.4 Å². The zero-order valence-electron chi connectivity index (χ0n) is 15.9. The lowest BCUT2D eigenvalue weighted by Gasteiger charge is -2.13. The third kappa shape index (κ3) is 4.78. The van der Waals surface area contributed by atoms with Crippen LogP contribution in [0.2, 0.25) is 0 Å². The van der Waals surface area contributed by atoms with E-state index in [1.165, 1.54) is 36.1 Å². The summed E-state index contributed by atoms with van der Waals surface area (Å²) in [6, 6.07) is 14.4. The molecule has 156 valence electrons. The van der Waals surface area contributed by atoms with Crippen LogP contribution in [0.5, 0.6) is 11.5 Å². The number of phenolic OH excluding ortho intramolecular Hbond substituents is 1. The first-order valence-corrected chi connectivity index (χ1v) is 10.2. The quantitative estimate of drug-likeness (QED) is 0.493. The number of para-hydroxylation sites is 2. The smallest absolute Gasteiger partial charge is 0.262 e. The minimum Gasteiger partial charge on any atom is -0.506 e. The van der Waals surface area contributed by atoms with Gasteiger partial charge in [-0.3, -0.25) is 14.3 Å². The van der Waals surface area contributed by atoms with Crippen LogP contribution in [-0.2, 0) is 21.4 Å². The molecule has 9 nitrogen and oxygen atoms in total. The second kappa shape index (κ2) is 8.70. The summed E-state index contributed by atoms with van der Waals surface area (Å²) < 4.78 is 34.2. The van der Waals surface area contributed by atoms with Crippen molar-refractivity contribution in [2.24, 2.45) is 0 Å². The molecular formula is C20H19N3O6S. The maximum Gasteiger partial charge on any atom is 0.262 e. The summed E-state index contributed by atoms with van der Waals surface area (Å²) >= 11 is 0. The molecule has 2 aromatic carbocycles. The number of rotatable bonds is 7. The Kier molecular flexibility index (Phi) is 6.07. The molecule has 0 saturated heterocycles. The second-order valence-corrected chi connectivity index (χ2v) is 7.88. The number of anilines is 2. The summed E-state index contributed by atoms with van der Waals surface area (Å²) in [5, 5.41) is 12.4. The van der Waals surface area contributed by atoms with Crippen molar-refractivity contribution in [2.45, 2.75) is 11.4 Å². The largest absolute Gasteiger partial charge is 0.506 e. The maximum atomic E-state index is 12.7. The monoisotopic (exact) mass is 429 g/mol. The molecule has 0 spiro atoms. The van der Waals surface area contributed by atoms with E-state index in [2.05, 4.69) is 10.0 Å². The summed E-state index contributed by atoms with van der Waals surface area (Å²) in [6.07, 6.45) is 1.44. The van der Waals surface area contributed by atoms with Crippen molar-refractivity contribution in [3.05, 3.63) is 77.2 Å². The van der Waals surface area contributed by atoms with E-state index in [9.17, 15) is 23.1 Å². The molecule has 0 atom stereocenters. The maximum absolute atomic E-state index is 12.7. The number of carbonyl (C=O) groups excluding carboxylic acids is 1. The van der Waals surface area contributed by atoms with E-state index in [1.807, 2.05) is 0 Å². The van der Waals surface area contributed by atoms with Gasteiger partial charge in [-0.1, -0.05) is 18.2 Å². The number of carbonyl (C=O) groups is 1. The predicted molar refractivity (Wildman–Crippen MR) is 111 cm³/mol. The molecule has 10 heteroatoms. The fourth-order valence-corrected chi connectivity index (χ4v) is 3.75. The molecule has 0 aliphatic rings. The Morgan fingerprint density at radius 2 is 1.80 bits per heavy atom. The molecule has 1 heterocycles. The highest BCUT2D eigenvalue weighted by Gasteiger charge is 2.19. The molecule has 3 rings (SSSR count). The highest BCUT2D eigenvalue weighted by Crippen LogP contribution is 2.30. The van der Waals surface area contributed by atoms with E-state index < -0.39 is 15.9 Å². The van der Waals surface area contributed by atoms with Crippen LogP contribution in [0.3, 0.4) is 0 Å². The van der Waals surface area contributed by atoms with Gasteiger partial charge >= 0.3 is 0 Å². The normalized spacial score (nSPS) is 11.0. The molecule has 0 radical (unpaired) electrons. The molecule has 0 aliphatic carbocycles. The number of pyridine rings is 1. The summed E-state index contributed by atoms with van der Waals surface area (Å²) in [4.78, 5) is 23.8. The highest BCUT2D eigenvalue weighted by atomic mass is 32.2.